The molecule has 0 radical (unpaired) electrons. The first-order chi connectivity index (χ1) is 14.6. The fourth-order valence-electron chi connectivity index (χ4n) is 2.60. The van der Waals surface area contributed by atoms with E-state index in [-0.39, 0.29) is 0 Å². The number of rotatable bonds is 10. The second kappa shape index (κ2) is 12.9. The molecule has 0 aliphatic carbocycles. The lowest BCUT2D eigenvalue weighted by molar-refractivity contribution is 0.1000. The molecule has 1 aromatic heterocycles. The number of carbonyl (C=O) groups is 1. The van der Waals surface area contributed by atoms with Crippen LogP contribution in [0.4, 0.5) is 0 Å². The standard InChI is InChI=1S/C20H27N3O3.CH4O3S/c1-4-14(5-2)11-22-12-15-6-8-17(18(10-15)25-3)26-19-9-7-16(13-23-19)20(21)24;1-5(2,3)4/h6-10,13-14,22H,4-5,11-12H2,1-3H3,(H2,21,24);1H3,(H,2,3,4). The van der Waals surface area contributed by atoms with Crippen molar-refractivity contribution in [2.24, 2.45) is 11.7 Å². The van der Waals surface area contributed by atoms with E-state index in [1.165, 1.54) is 19.0 Å². The zero-order valence-electron chi connectivity index (χ0n) is 18.3. The smallest absolute Gasteiger partial charge is 0.261 e. The molecule has 4 N–H and O–H groups in total. The normalized spacial score (nSPS) is 10.9. The Morgan fingerprint density at radius 2 is 1.84 bits per heavy atom. The van der Waals surface area contributed by atoms with Crippen molar-refractivity contribution in [3.63, 3.8) is 0 Å². The van der Waals surface area contributed by atoms with E-state index in [0.717, 1.165) is 18.7 Å². The summed E-state index contributed by atoms with van der Waals surface area (Å²) in [6, 6.07) is 8.98. The molecule has 10 heteroatoms. The van der Waals surface area contributed by atoms with Gasteiger partial charge in [0.25, 0.3) is 10.1 Å². The Balaban J connectivity index is 0.000000861. The lowest BCUT2D eigenvalue weighted by atomic mass is 10.0. The lowest BCUT2D eigenvalue weighted by Crippen LogP contribution is -2.21. The molecule has 1 amide bonds. The molecular weight excluding hydrogens is 422 g/mol. The molecule has 0 spiro atoms. The van der Waals surface area contributed by atoms with Gasteiger partial charge >= 0.3 is 0 Å². The van der Waals surface area contributed by atoms with E-state index in [2.05, 4.69) is 24.1 Å². The first kappa shape index (κ1) is 26.3. The summed E-state index contributed by atoms with van der Waals surface area (Å²) in [4.78, 5) is 15.2. The van der Waals surface area contributed by atoms with Crippen molar-refractivity contribution < 1.29 is 27.2 Å². The molecule has 2 rings (SSSR count). The Labute approximate surface area is 183 Å². The van der Waals surface area contributed by atoms with E-state index in [1.807, 2.05) is 18.2 Å². The van der Waals surface area contributed by atoms with Crippen LogP contribution in [-0.2, 0) is 16.7 Å². The highest BCUT2D eigenvalue weighted by Crippen LogP contribution is 2.31. The topological polar surface area (TPSA) is 141 Å². The van der Waals surface area contributed by atoms with Gasteiger partial charge in [0.15, 0.2) is 11.5 Å². The molecule has 0 atom stereocenters. The third-order valence-electron chi connectivity index (χ3n) is 4.38. The summed E-state index contributed by atoms with van der Waals surface area (Å²) >= 11 is 0. The third kappa shape index (κ3) is 10.8. The molecule has 0 aliphatic rings. The van der Waals surface area contributed by atoms with Gasteiger partial charge in [-0.1, -0.05) is 32.8 Å². The number of nitrogens with one attached hydrogen (secondary N) is 1. The maximum atomic E-state index is 11.1. The van der Waals surface area contributed by atoms with Crippen LogP contribution in [0.2, 0.25) is 0 Å². The number of ether oxygens (including phenoxy) is 2. The van der Waals surface area contributed by atoms with Gasteiger partial charge in [-0.25, -0.2) is 4.98 Å². The van der Waals surface area contributed by atoms with Crippen molar-refractivity contribution in [3.05, 3.63) is 47.7 Å². The molecule has 1 heterocycles. The van der Waals surface area contributed by atoms with Gasteiger partial charge in [0, 0.05) is 18.8 Å². The van der Waals surface area contributed by atoms with E-state index < -0.39 is 16.0 Å². The van der Waals surface area contributed by atoms with E-state index in [9.17, 15) is 13.2 Å². The van der Waals surface area contributed by atoms with Crippen LogP contribution in [0.5, 0.6) is 17.4 Å². The number of primary amides is 1. The Morgan fingerprint density at radius 1 is 1.19 bits per heavy atom. The van der Waals surface area contributed by atoms with Gasteiger partial charge in [-0.2, -0.15) is 8.42 Å². The number of hydrogen-bond donors (Lipinski definition) is 3. The first-order valence-corrected chi connectivity index (χ1v) is 11.7. The molecule has 0 saturated carbocycles. The predicted octanol–water partition coefficient (Wildman–Crippen LogP) is 3.01. The van der Waals surface area contributed by atoms with Crippen LogP contribution in [0.1, 0.15) is 42.6 Å². The highest BCUT2D eigenvalue weighted by atomic mass is 32.2. The molecule has 1 aromatic carbocycles. The molecule has 2 aromatic rings. The number of benzene rings is 1. The van der Waals surface area contributed by atoms with Crippen LogP contribution in [0, 0.1) is 5.92 Å². The molecule has 0 unspecified atom stereocenters. The second-order valence-electron chi connectivity index (χ2n) is 6.88. The summed E-state index contributed by atoms with van der Waals surface area (Å²) in [5.74, 6) is 1.75. The van der Waals surface area contributed by atoms with Gasteiger partial charge in [0.05, 0.1) is 18.9 Å². The average molecular weight is 454 g/mol. The number of nitrogens with zero attached hydrogens (tertiary/aromatic N) is 1. The maximum absolute atomic E-state index is 11.1. The number of hydrogen-bond acceptors (Lipinski definition) is 7. The van der Waals surface area contributed by atoms with Crippen molar-refractivity contribution in [1.82, 2.24) is 10.3 Å². The SMILES string of the molecule is CCC(CC)CNCc1ccc(Oc2ccc(C(N)=O)cn2)c(OC)c1.CS(=O)(=O)O. The van der Waals surface area contributed by atoms with E-state index in [0.29, 0.717) is 35.1 Å². The number of amides is 1. The van der Waals surface area contributed by atoms with Gasteiger partial charge in [0.2, 0.25) is 11.8 Å². The fourth-order valence-corrected chi connectivity index (χ4v) is 2.60. The maximum Gasteiger partial charge on any atom is 0.261 e. The van der Waals surface area contributed by atoms with E-state index >= 15 is 0 Å². The Morgan fingerprint density at radius 3 is 2.32 bits per heavy atom. The number of carbonyl (C=O) groups excluding carboxylic acids is 1. The Hall–Kier alpha value is -2.69. The summed E-state index contributed by atoms with van der Waals surface area (Å²) in [6.07, 6.45) is 4.47. The highest BCUT2D eigenvalue weighted by molar-refractivity contribution is 7.85. The number of pyridine rings is 1. The summed E-state index contributed by atoms with van der Waals surface area (Å²) in [7, 11) is -2.06. The second-order valence-corrected chi connectivity index (χ2v) is 8.35. The van der Waals surface area contributed by atoms with Crippen LogP contribution in [0.15, 0.2) is 36.5 Å². The summed E-state index contributed by atoms with van der Waals surface area (Å²) in [5.41, 5.74) is 6.67. The first-order valence-electron chi connectivity index (χ1n) is 9.81. The zero-order chi connectivity index (χ0) is 23.4. The van der Waals surface area contributed by atoms with Crippen LogP contribution < -0.4 is 20.5 Å². The lowest BCUT2D eigenvalue weighted by Gasteiger charge is -2.14. The summed E-state index contributed by atoms with van der Waals surface area (Å²) in [6.45, 7) is 6.21. The molecule has 0 fully saturated rings. The summed E-state index contributed by atoms with van der Waals surface area (Å²) < 4.78 is 37.1. The Bertz CT molecular complexity index is 921. The molecule has 31 heavy (non-hydrogen) atoms. The minimum atomic E-state index is -3.67. The minimum absolute atomic E-state index is 0.336. The van der Waals surface area contributed by atoms with Crippen LogP contribution in [-0.4, -0.2) is 43.8 Å². The molecule has 0 saturated heterocycles. The largest absolute Gasteiger partial charge is 0.493 e. The predicted molar refractivity (Wildman–Crippen MR) is 119 cm³/mol. The van der Waals surface area contributed by atoms with Crippen LogP contribution >= 0.6 is 0 Å². The number of methoxy groups -OCH3 is 1. The van der Waals surface area contributed by atoms with Crippen LogP contribution in [0.3, 0.4) is 0 Å². The zero-order valence-corrected chi connectivity index (χ0v) is 19.1. The molecular formula is C21H31N3O6S. The average Bonchev–Trinajstić information content (AvgIpc) is 2.71. The monoisotopic (exact) mass is 453 g/mol. The van der Waals surface area contributed by atoms with Crippen molar-refractivity contribution in [2.45, 2.75) is 33.2 Å². The number of nitrogens with two attached hydrogens (primary N) is 1. The third-order valence-corrected chi connectivity index (χ3v) is 4.38. The van der Waals surface area contributed by atoms with Crippen molar-refractivity contribution in [3.8, 4) is 17.4 Å². The summed E-state index contributed by atoms with van der Waals surface area (Å²) in [5, 5.41) is 3.49. The molecule has 0 aliphatic heterocycles. The Kier molecular flexibility index (Phi) is 10.9. The van der Waals surface area contributed by atoms with Gasteiger partial charge < -0.3 is 20.5 Å². The quantitative estimate of drug-likeness (QED) is 0.466. The fraction of sp³-hybridized carbons (Fsp3) is 0.429. The van der Waals surface area contributed by atoms with Gasteiger partial charge in [0.1, 0.15) is 0 Å². The van der Waals surface area contributed by atoms with Crippen LogP contribution in [0.25, 0.3) is 0 Å². The van der Waals surface area contributed by atoms with Gasteiger partial charge in [-0.05, 0) is 36.2 Å². The van der Waals surface area contributed by atoms with E-state index in [1.54, 1.807) is 19.2 Å². The van der Waals surface area contributed by atoms with Gasteiger partial charge in [-0.15, -0.1) is 0 Å². The minimum Gasteiger partial charge on any atom is -0.493 e. The van der Waals surface area contributed by atoms with Crippen molar-refractivity contribution >= 4 is 16.0 Å². The molecule has 172 valence electrons. The van der Waals surface area contributed by atoms with Crippen molar-refractivity contribution in [2.75, 3.05) is 19.9 Å². The number of aromatic nitrogens is 1. The van der Waals surface area contributed by atoms with Gasteiger partial charge in [-0.3, -0.25) is 9.35 Å². The van der Waals surface area contributed by atoms with Crippen molar-refractivity contribution in [1.29, 1.82) is 0 Å². The molecule has 0 bridgehead atoms. The molecule has 9 nitrogen and oxygen atoms in total. The highest BCUT2D eigenvalue weighted by Gasteiger charge is 2.09. The van der Waals surface area contributed by atoms with E-state index in [4.69, 9.17) is 19.8 Å².